The molecule has 1 heterocycles. The Morgan fingerprint density at radius 1 is 0.833 bits per heavy atom. The van der Waals surface area contributed by atoms with E-state index in [0.29, 0.717) is 17.1 Å². The first-order valence-electron chi connectivity index (χ1n) is 9.34. The predicted molar refractivity (Wildman–Crippen MR) is 112 cm³/mol. The van der Waals surface area contributed by atoms with Crippen LogP contribution in [0, 0.1) is 6.92 Å². The molecule has 0 saturated carbocycles. The van der Waals surface area contributed by atoms with Gasteiger partial charge in [0.2, 0.25) is 5.95 Å². The second-order valence-corrected chi connectivity index (χ2v) is 7.81. The third-order valence-corrected chi connectivity index (χ3v) is 3.94. The van der Waals surface area contributed by atoms with E-state index in [2.05, 4.69) is 20.6 Å². The Hall–Kier alpha value is -3.29. The van der Waals surface area contributed by atoms with Crippen LogP contribution in [0.5, 0.6) is 5.75 Å². The van der Waals surface area contributed by atoms with Crippen molar-refractivity contribution in [2.45, 2.75) is 39.5 Å². The summed E-state index contributed by atoms with van der Waals surface area (Å²) in [5.41, 5.74) is 0.849. The summed E-state index contributed by atoms with van der Waals surface area (Å²) in [6, 6.07) is 14.0. The lowest BCUT2D eigenvalue weighted by Crippen LogP contribution is -2.22. The topological polar surface area (TPSA) is 59.1 Å². The smallest absolute Gasteiger partial charge is 0.421 e. The molecule has 0 saturated heterocycles. The van der Waals surface area contributed by atoms with Crippen molar-refractivity contribution in [3.8, 4) is 5.75 Å². The Labute approximate surface area is 173 Å². The Morgan fingerprint density at radius 3 is 1.97 bits per heavy atom. The number of nitrogens with one attached hydrogen (secondary N) is 2. The lowest BCUT2D eigenvalue weighted by atomic mass is 10.2. The molecule has 8 heteroatoms. The van der Waals surface area contributed by atoms with Gasteiger partial charge >= 0.3 is 6.18 Å². The summed E-state index contributed by atoms with van der Waals surface area (Å²) in [6.07, 6.45) is -3.82. The first-order valence-corrected chi connectivity index (χ1v) is 9.34. The first-order chi connectivity index (χ1) is 14.0. The van der Waals surface area contributed by atoms with E-state index < -0.39 is 11.7 Å². The lowest BCUT2D eigenvalue weighted by molar-refractivity contribution is -0.137. The van der Waals surface area contributed by atoms with E-state index in [-0.39, 0.29) is 17.4 Å². The number of nitrogens with zero attached hydrogens (tertiary/aromatic N) is 2. The molecule has 0 aliphatic carbocycles. The van der Waals surface area contributed by atoms with Crippen LogP contribution in [-0.2, 0) is 6.18 Å². The molecule has 2 aromatic carbocycles. The number of rotatable bonds is 5. The summed E-state index contributed by atoms with van der Waals surface area (Å²) >= 11 is 0. The van der Waals surface area contributed by atoms with Crippen molar-refractivity contribution in [3.05, 3.63) is 65.9 Å². The first kappa shape index (κ1) is 21.4. The largest absolute Gasteiger partial charge is 0.488 e. The van der Waals surface area contributed by atoms with Crippen LogP contribution in [0.2, 0.25) is 0 Å². The maximum absolute atomic E-state index is 13.4. The molecule has 0 amide bonds. The van der Waals surface area contributed by atoms with Gasteiger partial charge in [-0.3, -0.25) is 0 Å². The molecule has 1 aromatic heterocycles. The molecule has 0 fully saturated rings. The van der Waals surface area contributed by atoms with Crippen LogP contribution in [0.25, 0.3) is 0 Å². The maximum atomic E-state index is 13.4. The molecule has 158 valence electrons. The van der Waals surface area contributed by atoms with Gasteiger partial charge in [-0.05, 0) is 64.1 Å². The van der Waals surface area contributed by atoms with Crippen LogP contribution < -0.4 is 15.4 Å². The van der Waals surface area contributed by atoms with Gasteiger partial charge in [-0.25, -0.2) is 4.98 Å². The molecule has 0 aliphatic rings. The number of benzene rings is 2. The molecular formula is C22H23F3N4O. The van der Waals surface area contributed by atoms with Gasteiger partial charge in [0.1, 0.15) is 22.7 Å². The van der Waals surface area contributed by atoms with E-state index in [1.807, 2.05) is 27.7 Å². The number of aromatic nitrogens is 2. The van der Waals surface area contributed by atoms with Gasteiger partial charge in [0, 0.05) is 17.6 Å². The number of alkyl halides is 3. The van der Waals surface area contributed by atoms with Crippen LogP contribution in [0.4, 0.5) is 36.3 Å². The zero-order valence-corrected chi connectivity index (χ0v) is 17.1. The second kappa shape index (κ2) is 8.22. The minimum atomic E-state index is -4.59. The fraction of sp³-hybridized carbons (Fsp3) is 0.273. The average Bonchev–Trinajstić information content (AvgIpc) is 2.63. The summed E-state index contributed by atoms with van der Waals surface area (Å²) in [5, 5.41) is 5.66. The lowest BCUT2D eigenvalue weighted by Gasteiger charge is -2.21. The highest BCUT2D eigenvalue weighted by Crippen LogP contribution is 2.35. The van der Waals surface area contributed by atoms with Crippen molar-refractivity contribution >= 4 is 23.1 Å². The van der Waals surface area contributed by atoms with Crippen molar-refractivity contribution in [3.63, 3.8) is 0 Å². The highest BCUT2D eigenvalue weighted by molar-refractivity contribution is 5.63. The predicted octanol–water partition coefficient (Wildman–Crippen LogP) is 6.47. The normalized spacial score (nSPS) is 11.8. The SMILES string of the molecule is Cc1ccc(Nc2nc(Nc3ccc(OC(C)(C)C)cc3)ncc2C(F)(F)F)cc1. The minimum Gasteiger partial charge on any atom is -0.488 e. The van der Waals surface area contributed by atoms with E-state index in [9.17, 15) is 13.2 Å². The summed E-state index contributed by atoms with van der Waals surface area (Å²) < 4.78 is 46.0. The number of hydrogen-bond donors (Lipinski definition) is 2. The van der Waals surface area contributed by atoms with Crippen molar-refractivity contribution in [1.82, 2.24) is 9.97 Å². The average molecular weight is 416 g/mol. The molecule has 0 atom stereocenters. The Balaban J connectivity index is 1.84. The van der Waals surface area contributed by atoms with Crippen LogP contribution >= 0.6 is 0 Å². The molecule has 30 heavy (non-hydrogen) atoms. The Bertz CT molecular complexity index is 995. The number of ether oxygens (including phenoxy) is 1. The molecule has 0 radical (unpaired) electrons. The minimum absolute atomic E-state index is 0.0436. The van der Waals surface area contributed by atoms with Crippen LogP contribution in [0.3, 0.4) is 0 Å². The van der Waals surface area contributed by atoms with Gasteiger partial charge in [0.05, 0.1) is 0 Å². The van der Waals surface area contributed by atoms with Gasteiger partial charge < -0.3 is 15.4 Å². The van der Waals surface area contributed by atoms with E-state index >= 15 is 0 Å². The quantitative estimate of drug-likeness (QED) is 0.499. The molecule has 0 aliphatic heterocycles. The summed E-state index contributed by atoms with van der Waals surface area (Å²) in [6.45, 7) is 7.72. The molecule has 0 unspecified atom stereocenters. The molecule has 2 N–H and O–H groups in total. The molecule has 3 aromatic rings. The third kappa shape index (κ3) is 5.85. The van der Waals surface area contributed by atoms with Crippen LogP contribution in [0.1, 0.15) is 31.9 Å². The third-order valence-electron chi connectivity index (χ3n) is 3.94. The van der Waals surface area contributed by atoms with Crippen LogP contribution in [0.15, 0.2) is 54.7 Å². The van der Waals surface area contributed by atoms with Gasteiger partial charge in [-0.2, -0.15) is 18.2 Å². The molecular weight excluding hydrogens is 393 g/mol. The summed E-state index contributed by atoms with van der Waals surface area (Å²) in [4.78, 5) is 7.87. The van der Waals surface area contributed by atoms with E-state index in [4.69, 9.17) is 4.74 Å². The highest BCUT2D eigenvalue weighted by Gasteiger charge is 2.35. The molecule has 3 rings (SSSR count). The molecule has 5 nitrogen and oxygen atoms in total. The van der Waals surface area contributed by atoms with Crippen molar-refractivity contribution < 1.29 is 17.9 Å². The van der Waals surface area contributed by atoms with Gasteiger partial charge in [0.15, 0.2) is 0 Å². The summed E-state index contributed by atoms with van der Waals surface area (Å²) in [5.74, 6) is 0.404. The fourth-order valence-corrected chi connectivity index (χ4v) is 2.61. The van der Waals surface area contributed by atoms with Crippen LogP contribution in [-0.4, -0.2) is 15.6 Å². The Kier molecular flexibility index (Phi) is 5.87. The van der Waals surface area contributed by atoms with E-state index in [1.54, 1.807) is 48.5 Å². The number of halogens is 3. The van der Waals surface area contributed by atoms with Gasteiger partial charge in [0.25, 0.3) is 0 Å². The number of hydrogen-bond acceptors (Lipinski definition) is 5. The fourth-order valence-electron chi connectivity index (χ4n) is 2.61. The van der Waals surface area contributed by atoms with Gasteiger partial charge in [-0.15, -0.1) is 0 Å². The second-order valence-electron chi connectivity index (χ2n) is 7.81. The van der Waals surface area contributed by atoms with Crippen molar-refractivity contribution in [1.29, 1.82) is 0 Å². The highest BCUT2D eigenvalue weighted by atomic mass is 19.4. The van der Waals surface area contributed by atoms with Crippen molar-refractivity contribution in [2.75, 3.05) is 10.6 Å². The number of aryl methyl sites for hydroxylation is 1. The zero-order chi connectivity index (χ0) is 21.9. The Morgan fingerprint density at radius 2 is 1.40 bits per heavy atom. The standard InChI is InChI=1S/C22H23F3N4O/c1-14-5-7-15(8-6-14)27-19-18(22(23,24)25)13-26-20(29-19)28-16-9-11-17(12-10-16)30-21(2,3)4/h5-13H,1-4H3,(H2,26,27,28,29). The van der Waals surface area contributed by atoms with E-state index in [0.717, 1.165) is 11.8 Å². The monoisotopic (exact) mass is 416 g/mol. The summed E-state index contributed by atoms with van der Waals surface area (Å²) in [7, 11) is 0. The molecule has 0 spiro atoms. The van der Waals surface area contributed by atoms with E-state index in [1.165, 1.54) is 0 Å². The maximum Gasteiger partial charge on any atom is 0.421 e. The van der Waals surface area contributed by atoms with Crippen molar-refractivity contribution in [2.24, 2.45) is 0 Å². The molecule has 0 bridgehead atoms. The van der Waals surface area contributed by atoms with Gasteiger partial charge in [-0.1, -0.05) is 17.7 Å². The zero-order valence-electron chi connectivity index (χ0n) is 17.1. The number of anilines is 4.